The number of anilines is 1. The Bertz CT molecular complexity index is 616. The summed E-state index contributed by atoms with van der Waals surface area (Å²) in [5.41, 5.74) is 7.79. The third kappa shape index (κ3) is 3.68. The molecule has 0 unspecified atom stereocenters. The van der Waals surface area contributed by atoms with Crippen molar-refractivity contribution >= 4 is 45.8 Å². The lowest BCUT2D eigenvalue weighted by molar-refractivity contribution is 0.102. The van der Waals surface area contributed by atoms with Gasteiger partial charge in [0.25, 0.3) is 5.91 Å². The lowest BCUT2D eigenvalue weighted by atomic mass is 10.2. The molecule has 0 radical (unpaired) electrons. The molecule has 0 fully saturated rings. The fraction of sp³-hybridized carbons (Fsp3) is 0.0714. The minimum Gasteiger partial charge on any atom is -0.326 e. The Balaban J connectivity index is 2.18. The van der Waals surface area contributed by atoms with Gasteiger partial charge in [0.2, 0.25) is 0 Å². The molecule has 3 nitrogen and oxygen atoms in total. The van der Waals surface area contributed by atoms with Gasteiger partial charge in [-0.1, -0.05) is 23.7 Å². The van der Waals surface area contributed by atoms with Gasteiger partial charge in [-0.2, -0.15) is 0 Å². The minimum absolute atomic E-state index is 0.188. The topological polar surface area (TPSA) is 55.1 Å². The van der Waals surface area contributed by atoms with E-state index < -0.39 is 0 Å². The van der Waals surface area contributed by atoms with Crippen LogP contribution in [0.1, 0.15) is 15.9 Å². The van der Waals surface area contributed by atoms with Crippen molar-refractivity contribution in [3.05, 3.63) is 62.2 Å². The van der Waals surface area contributed by atoms with Crippen LogP contribution in [0.2, 0.25) is 5.02 Å². The van der Waals surface area contributed by atoms with Gasteiger partial charge in [-0.05, 0) is 58.5 Å². The summed E-state index contributed by atoms with van der Waals surface area (Å²) < 4.78 is 0.918. The highest BCUT2D eigenvalue weighted by atomic mass is 127. The Labute approximate surface area is 130 Å². The summed E-state index contributed by atoms with van der Waals surface area (Å²) in [7, 11) is 0. The van der Waals surface area contributed by atoms with E-state index in [4.69, 9.17) is 17.3 Å². The molecule has 0 aromatic heterocycles. The first-order valence-electron chi connectivity index (χ1n) is 5.65. The van der Waals surface area contributed by atoms with Crippen LogP contribution in [0.25, 0.3) is 0 Å². The molecular weight excluding hydrogens is 375 g/mol. The molecule has 0 saturated carbocycles. The van der Waals surface area contributed by atoms with Crippen LogP contribution in [0.5, 0.6) is 0 Å². The molecule has 19 heavy (non-hydrogen) atoms. The zero-order chi connectivity index (χ0) is 13.8. The Morgan fingerprint density at radius 1 is 1.26 bits per heavy atom. The molecule has 0 heterocycles. The summed E-state index contributed by atoms with van der Waals surface area (Å²) in [6.07, 6.45) is 0. The van der Waals surface area contributed by atoms with Crippen molar-refractivity contribution in [3.63, 3.8) is 0 Å². The van der Waals surface area contributed by atoms with Crippen molar-refractivity contribution in [1.82, 2.24) is 0 Å². The molecule has 2 aromatic rings. The molecule has 0 aliphatic heterocycles. The molecule has 0 spiro atoms. The van der Waals surface area contributed by atoms with Gasteiger partial charge in [-0.15, -0.1) is 0 Å². The van der Waals surface area contributed by atoms with E-state index in [1.54, 1.807) is 12.1 Å². The molecule has 5 heteroatoms. The van der Waals surface area contributed by atoms with Crippen molar-refractivity contribution in [2.75, 3.05) is 5.32 Å². The predicted molar refractivity (Wildman–Crippen MR) is 86.5 cm³/mol. The van der Waals surface area contributed by atoms with Crippen LogP contribution in [0.3, 0.4) is 0 Å². The highest BCUT2D eigenvalue weighted by Crippen LogP contribution is 2.20. The Morgan fingerprint density at radius 2 is 2.05 bits per heavy atom. The average molecular weight is 387 g/mol. The highest BCUT2D eigenvalue weighted by molar-refractivity contribution is 14.1. The van der Waals surface area contributed by atoms with E-state index in [1.807, 2.05) is 30.3 Å². The summed E-state index contributed by atoms with van der Waals surface area (Å²) in [4.78, 5) is 12.1. The maximum Gasteiger partial charge on any atom is 0.255 e. The number of carbonyl (C=O) groups is 1. The van der Waals surface area contributed by atoms with E-state index in [1.165, 1.54) is 0 Å². The number of halogens is 2. The number of hydrogen-bond acceptors (Lipinski definition) is 2. The van der Waals surface area contributed by atoms with Crippen LogP contribution in [0, 0.1) is 3.57 Å². The molecule has 2 rings (SSSR count). The van der Waals surface area contributed by atoms with Gasteiger partial charge < -0.3 is 11.1 Å². The molecule has 0 bridgehead atoms. The van der Waals surface area contributed by atoms with Gasteiger partial charge in [-0.3, -0.25) is 4.79 Å². The maximum absolute atomic E-state index is 12.1. The molecule has 2 aromatic carbocycles. The third-order valence-corrected chi connectivity index (χ3v) is 4.17. The Kier molecular flexibility index (Phi) is 4.79. The molecule has 98 valence electrons. The number of amides is 1. The van der Waals surface area contributed by atoms with Crippen molar-refractivity contribution in [3.8, 4) is 0 Å². The van der Waals surface area contributed by atoms with E-state index >= 15 is 0 Å². The summed E-state index contributed by atoms with van der Waals surface area (Å²) >= 11 is 8.12. The standard InChI is InChI=1S/C14H12ClIN2O/c15-12-7-10(4-5-13(12)16)14(19)18-11-3-1-2-9(6-11)8-17/h1-7H,8,17H2,(H,18,19). The van der Waals surface area contributed by atoms with Gasteiger partial charge in [0.1, 0.15) is 0 Å². The predicted octanol–water partition coefficient (Wildman–Crippen LogP) is 3.66. The van der Waals surface area contributed by atoms with Crippen LogP contribution in [0.4, 0.5) is 5.69 Å². The molecule has 0 saturated heterocycles. The summed E-state index contributed by atoms with van der Waals surface area (Å²) in [6, 6.07) is 12.7. The van der Waals surface area contributed by atoms with Gasteiger partial charge in [-0.25, -0.2) is 0 Å². The molecule has 0 atom stereocenters. The van der Waals surface area contributed by atoms with E-state index in [9.17, 15) is 4.79 Å². The normalized spacial score (nSPS) is 10.3. The highest BCUT2D eigenvalue weighted by Gasteiger charge is 2.08. The zero-order valence-corrected chi connectivity index (χ0v) is 12.9. The van der Waals surface area contributed by atoms with Crippen LogP contribution >= 0.6 is 34.2 Å². The van der Waals surface area contributed by atoms with E-state index in [0.29, 0.717) is 17.1 Å². The Morgan fingerprint density at radius 3 is 2.74 bits per heavy atom. The molecule has 0 aliphatic carbocycles. The molecule has 0 aliphatic rings. The summed E-state index contributed by atoms with van der Waals surface area (Å²) in [6.45, 7) is 0.444. The van der Waals surface area contributed by atoms with Crippen molar-refractivity contribution < 1.29 is 4.79 Å². The van der Waals surface area contributed by atoms with Crippen LogP contribution < -0.4 is 11.1 Å². The first-order valence-corrected chi connectivity index (χ1v) is 7.11. The molecule has 1 amide bonds. The van der Waals surface area contributed by atoms with E-state index in [0.717, 1.165) is 14.8 Å². The van der Waals surface area contributed by atoms with Crippen LogP contribution in [0.15, 0.2) is 42.5 Å². The van der Waals surface area contributed by atoms with Crippen molar-refractivity contribution in [1.29, 1.82) is 0 Å². The van der Waals surface area contributed by atoms with Gasteiger partial charge in [0.15, 0.2) is 0 Å². The number of rotatable bonds is 3. The number of carbonyl (C=O) groups excluding carboxylic acids is 1. The van der Waals surface area contributed by atoms with Crippen LogP contribution in [-0.4, -0.2) is 5.91 Å². The smallest absolute Gasteiger partial charge is 0.255 e. The SMILES string of the molecule is NCc1cccc(NC(=O)c2ccc(I)c(Cl)c2)c1. The minimum atomic E-state index is -0.188. The molecule has 3 N–H and O–H groups in total. The summed E-state index contributed by atoms with van der Waals surface area (Å²) in [5, 5.41) is 3.40. The average Bonchev–Trinajstić information content (AvgIpc) is 2.42. The number of nitrogens with two attached hydrogens (primary N) is 1. The van der Waals surface area contributed by atoms with Crippen molar-refractivity contribution in [2.45, 2.75) is 6.54 Å². The van der Waals surface area contributed by atoms with Gasteiger partial charge in [0.05, 0.1) is 5.02 Å². The lowest BCUT2D eigenvalue weighted by Gasteiger charge is -2.07. The second-order valence-corrected chi connectivity index (χ2v) is 5.56. The fourth-order valence-corrected chi connectivity index (χ4v) is 2.13. The fourth-order valence-electron chi connectivity index (χ4n) is 1.62. The quantitative estimate of drug-likeness (QED) is 0.791. The third-order valence-electron chi connectivity index (χ3n) is 2.60. The molecular formula is C14H12ClIN2O. The van der Waals surface area contributed by atoms with Crippen LogP contribution in [-0.2, 0) is 6.54 Å². The van der Waals surface area contributed by atoms with Gasteiger partial charge >= 0.3 is 0 Å². The largest absolute Gasteiger partial charge is 0.326 e. The monoisotopic (exact) mass is 386 g/mol. The second-order valence-electron chi connectivity index (χ2n) is 3.99. The van der Waals surface area contributed by atoms with E-state index in [-0.39, 0.29) is 5.91 Å². The Hall–Kier alpha value is -1.11. The van der Waals surface area contributed by atoms with Gasteiger partial charge in [0, 0.05) is 21.4 Å². The maximum atomic E-state index is 12.1. The van der Waals surface area contributed by atoms with E-state index in [2.05, 4.69) is 27.9 Å². The first kappa shape index (κ1) is 14.3. The first-order chi connectivity index (χ1) is 9.10. The zero-order valence-electron chi connectivity index (χ0n) is 9.99. The summed E-state index contributed by atoms with van der Waals surface area (Å²) in [5.74, 6) is -0.188. The number of benzene rings is 2. The second kappa shape index (κ2) is 6.36. The lowest BCUT2D eigenvalue weighted by Crippen LogP contribution is -2.12. The van der Waals surface area contributed by atoms with Crippen molar-refractivity contribution in [2.24, 2.45) is 5.73 Å². The number of nitrogens with one attached hydrogen (secondary N) is 1. The number of hydrogen-bond donors (Lipinski definition) is 2.